The molecule has 84 valence electrons. The van der Waals surface area contributed by atoms with Crippen LogP contribution in [0, 0.1) is 22.7 Å². The maximum Gasteiger partial charge on any atom is 0.101 e. The number of rotatable bonds is 2. The molecule has 1 aromatic heterocycles. The lowest BCUT2D eigenvalue weighted by atomic mass is 10.1. The van der Waals surface area contributed by atoms with Crippen molar-refractivity contribution >= 4 is 12.2 Å². The van der Waals surface area contributed by atoms with Gasteiger partial charge in [0.05, 0.1) is 22.9 Å². The van der Waals surface area contributed by atoms with E-state index in [1.165, 1.54) is 6.20 Å². The predicted molar refractivity (Wildman–Crippen MR) is 69.0 cm³/mol. The Balaban J connectivity index is 2.25. The maximum absolute atomic E-state index is 8.95. The lowest BCUT2D eigenvalue weighted by molar-refractivity contribution is 1.27. The highest BCUT2D eigenvalue weighted by molar-refractivity contribution is 5.71. The van der Waals surface area contributed by atoms with Gasteiger partial charge in [0.1, 0.15) is 6.07 Å². The molecule has 0 aliphatic carbocycles. The molecule has 0 unspecified atom stereocenters. The second-order valence-electron chi connectivity index (χ2n) is 3.62. The van der Waals surface area contributed by atoms with E-state index in [2.05, 4.69) is 11.1 Å². The van der Waals surface area contributed by atoms with Crippen LogP contribution in [0.5, 0.6) is 0 Å². The largest absolute Gasteiger partial charge is 0.256 e. The molecular formula is C15H9N3. The normalized spacial score (nSPS) is 9.89. The molecule has 1 heterocycles. The fourth-order valence-electron chi connectivity index (χ4n) is 1.49. The molecule has 0 spiro atoms. The maximum atomic E-state index is 8.95. The van der Waals surface area contributed by atoms with E-state index in [1.54, 1.807) is 18.2 Å². The topological polar surface area (TPSA) is 60.5 Å². The van der Waals surface area contributed by atoms with Crippen molar-refractivity contribution in [2.75, 3.05) is 0 Å². The van der Waals surface area contributed by atoms with Gasteiger partial charge in [0, 0.05) is 6.20 Å². The molecule has 0 atom stereocenters. The van der Waals surface area contributed by atoms with Crippen molar-refractivity contribution in [3.63, 3.8) is 0 Å². The highest BCUT2D eigenvalue weighted by Gasteiger charge is 1.96. The molecule has 18 heavy (non-hydrogen) atoms. The van der Waals surface area contributed by atoms with Crippen molar-refractivity contribution in [3.05, 3.63) is 65.0 Å². The highest BCUT2D eigenvalue weighted by Crippen LogP contribution is 2.11. The molecule has 0 amide bonds. The summed E-state index contributed by atoms with van der Waals surface area (Å²) in [6.45, 7) is 0. The van der Waals surface area contributed by atoms with E-state index in [4.69, 9.17) is 10.5 Å². The van der Waals surface area contributed by atoms with Gasteiger partial charge < -0.3 is 0 Å². The lowest BCUT2D eigenvalue weighted by Crippen LogP contribution is -1.83. The van der Waals surface area contributed by atoms with Gasteiger partial charge in [-0.2, -0.15) is 10.5 Å². The molecule has 0 aliphatic rings. The molecule has 3 nitrogen and oxygen atoms in total. The Kier molecular flexibility index (Phi) is 3.49. The average Bonchev–Trinajstić information content (AvgIpc) is 2.46. The molecule has 0 radical (unpaired) electrons. The van der Waals surface area contributed by atoms with Crippen molar-refractivity contribution in [2.24, 2.45) is 0 Å². The van der Waals surface area contributed by atoms with E-state index in [1.807, 2.05) is 36.4 Å². The van der Waals surface area contributed by atoms with Crippen molar-refractivity contribution in [1.29, 1.82) is 10.5 Å². The number of nitriles is 2. The molecule has 0 bridgehead atoms. The van der Waals surface area contributed by atoms with E-state index in [-0.39, 0.29) is 0 Å². The summed E-state index contributed by atoms with van der Waals surface area (Å²) < 4.78 is 0. The smallest absolute Gasteiger partial charge is 0.101 e. The SMILES string of the molecule is N#Cc1ccc(C=Cc2ccccc2C#N)nc1. The fraction of sp³-hybridized carbons (Fsp3) is 0. The second kappa shape index (κ2) is 5.43. The standard InChI is InChI=1S/C15H9N3/c16-9-12-5-7-15(18-11-12)8-6-13-3-1-2-4-14(13)10-17/h1-8,11H. The minimum atomic E-state index is 0.532. The van der Waals surface area contributed by atoms with Gasteiger partial charge in [-0.25, -0.2) is 0 Å². The molecule has 0 saturated carbocycles. The van der Waals surface area contributed by atoms with Crippen LogP contribution in [0.15, 0.2) is 42.6 Å². The van der Waals surface area contributed by atoms with E-state index in [0.29, 0.717) is 11.1 Å². The Morgan fingerprint density at radius 1 is 0.944 bits per heavy atom. The third-order valence-electron chi connectivity index (χ3n) is 2.43. The van der Waals surface area contributed by atoms with Gasteiger partial charge in [0.25, 0.3) is 0 Å². The molecule has 0 fully saturated rings. The van der Waals surface area contributed by atoms with Crippen LogP contribution in [0.2, 0.25) is 0 Å². The van der Waals surface area contributed by atoms with Crippen LogP contribution < -0.4 is 0 Å². The molecule has 0 N–H and O–H groups in total. The Bertz CT molecular complexity index is 655. The number of hydrogen-bond acceptors (Lipinski definition) is 3. The van der Waals surface area contributed by atoms with Crippen molar-refractivity contribution < 1.29 is 0 Å². The summed E-state index contributed by atoms with van der Waals surface area (Å²) in [5, 5.41) is 17.6. The van der Waals surface area contributed by atoms with Gasteiger partial charge >= 0.3 is 0 Å². The molecule has 3 heteroatoms. The minimum absolute atomic E-state index is 0.532. The summed E-state index contributed by atoms with van der Waals surface area (Å²) >= 11 is 0. The molecule has 2 aromatic rings. The number of aromatic nitrogens is 1. The Hall–Kier alpha value is -2.91. The summed E-state index contributed by atoms with van der Waals surface area (Å²) in [5.41, 5.74) is 2.76. The number of nitrogens with zero attached hydrogens (tertiary/aromatic N) is 3. The molecule has 0 saturated heterocycles. The van der Waals surface area contributed by atoms with Crippen LogP contribution in [-0.2, 0) is 0 Å². The first-order valence-electron chi connectivity index (χ1n) is 5.37. The summed E-state index contributed by atoms with van der Waals surface area (Å²) in [6.07, 6.45) is 5.18. The van der Waals surface area contributed by atoms with E-state index in [0.717, 1.165) is 11.3 Å². The monoisotopic (exact) mass is 231 g/mol. The van der Waals surface area contributed by atoms with Crippen LogP contribution in [0.4, 0.5) is 0 Å². The first kappa shape index (κ1) is 11.6. The number of pyridine rings is 1. The average molecular weight is 231 g/mol. The van der Waals surface area contributed by atoms with Gasteiger partial charge in [-0.3, -0.25) is 4.98 Å². The number of benzene rings is 1. The van der Waals surface area contributed by atoms with Gasteiger partial charge in [-0.05, 0) is 29.8 Å². The van der Waals surface area contributed by atoms with Gasteiger partial charge in [0.15, 0.2) is 0 Å². The van der Waals surface area contributed by atoms with Gasteiger partial charge in [-0.1, -0.05) is 24.3 Å². The van der Waals surface area contributed by atoms with E-state index >= 15 is 0 Å². The lowest BCUT2D eigenvalue weighted by Gasteiger charge is -1.96. The summed E-state index contributed by atoms with van der Waals surface area (Å²) in [5.74, 6) is 0. The van der Waals surface area contributed by atoms with Crippen molar-refractivity contribution in [1.82, 2.24) is 4.98 Å². The Morgan fingerprint density at radius 3 is 2.44 bits per heavy atom. The minimum Gasteiger partial charge on any atom is -0.256 e. The van der Waals surface area contributed by atoms with Crippen LogP contribution in [0.1, 0.15) is 22.4 Å². The van der Waals surface area contributed by atoms with Gasteiger partial charge in [0.2, 0.25) is 0 Å². The van der Waals surface area contributed by atoms with Crippen LogP contribution in [0.25, 0.3) is 12.2 Å². The summed E-state index contributed by atoms with van der Waals surface area (Å²) in [6, 6.07) is 15.0. The molecule has 0 aliphatic heterocycles. The molecular weight excluding hydrogens is 222 g/mol. The van der Waals surface area contributed by atoms with Crippen LogP contribution in [-0.4, -0.2) is 4.98 Å². The van der Waals surface area contributed by atoms with Crippen molar-refractivity contribution in [3.8, 4) is 12.1 Å². The first-order chi connectivity index (χ1) is 8.83. The molecule has 2 rings (SSSR count). The van der Waals surface area contributed by atoms with E-state index < -0.39 is 0 Å². The Labute approximate surface area is 105 Å². The van der Waals surface area contributed by atoms with E-state index in [9.17, 15) is 0 Å². The summed E-state index contributed by atoms with van der Waals surface area (Å²) in [4.78, 5) is 4.13. The second-order valence-corrected chi connectivity index (χ2v) is 3.62. The summed E-state index contributed by atoms with van der Waals surface area (Å²) in [7, 11) is 0. The van der Waals surface area contributed by atoms with Crippen molar-refractivity contribution in [2.45, 2.75) is 0 Å². The quantitative estimate of drug-likeness (QED) is 0.798. The number of hydrogen-bond donors (Lipinski definition) is 0. The Morgan fingerprint density at radius 2 is 1.78 bits per heavy atom. The molecule has 1 aromatic carbocycles. The van der Waals surface area contributed by atoms with Crippen LogP contribution >= 0.6 is 0 Å². The highest BCUT2D eigenvalue weighted by atomic mass is 14.7. The van der Waals surface area contributed by atoms with Gasteiger partial charge in [-0.15, -0.1) is 0 Å². The zero-order chi connectivity index (χ0) is 12.8. The zero-order valence-corrected chi connectivity index (χ0v) is 9.54. The zero-order valence-electron chi connectivity index (χ0n) is 9.54. The third kappa shape index (κ3) is 2.61. The first-order valence-corrected chi connectivity index (χ1v) is 5.37. The fourth-order valence-corrected chi connectivity index (χ4v) is 1.49. The van der Waals surface area contributed by atoms with Crippen LogP contribution in [0.3, 0.4) is 0 Å². The third-order valence-corrected chi connectivity index (χ3v) is 2.43. The predicted octanol–water partition coefficient (Wildman–Crippen LogP) is 3.00.